The fourth-order valence-electron chi connectivity index (χ4n) is 3.57. The third-order valence-electron chi connectivity index (χ3n) is 5.39. The number of nitrogens with zero attached hydrogens (tertiary/aromatic N) is 2. The number of benzene rings is 3. The summed E-state index contributed by atoms with van der Waals surface area (Å²) in [5.74, 6) is -1.58. The van der Waals surface area contributed by atoms with Crippen LogP contribution in [0, 0.1) is 11.6 Å². The maximum atomic E-state index is 14.0. The number of halogens is 2. The van der Waals surface area contributed by atoms with Crippen LogP contribution in [0.1, 0.15) is 15.9 Å². The van der Waals surface area contributed by atoms with Crippen molar-refractivity contribution >= 4 is 15.9 Å². The Hall–Kier alpha value is -3.30. The highest BCUT2D eigenvalue weighted by molar-refractivity contribution is 7.89. The van der Waals surface area contributed by atoms with E-state index in [-0.39, 0.29) is 32.1 Å². The zero-order valence-electron chi connectivity index (χ0n) is 17.7. The molecular formula is C24H22F2N2O4S. The molecule has 1 fully saturated rings. The van der Waals surface area contributed by atoms with E-state index in [1.807, 2.05) is 30.3 Å². The minimum absolute atomic E-state index is 0.0170. The summed E-state index contributed by atoms with van der Waals surface area (Å²) in [7, 11) is -4.12. The highest BCUT2D eigenvalue weighted by Gasteiger charge is 2.32. The lowest BCUT2D eigenvalue weighted by atomic mass is 10.1. The first-order chi connectivity index (χ1) is 15.8. The van der Waals surface area contributed by atoms with Gasteiger partial charge in [0.2, 0.25) is 10.0 Å². The molecule has 9 heteroatoms. The summed E-state index contributed by atoms with van der Waals surface area (Å²) >= 11 is 0. The SMILES string of the molecule is O=C(c1ccc(OCc2ccccc2)cc1)N1CCN(S(=O)(=O)c2ccc(F)cc2F)CC1. The van der Waals surface area contributed by atoms with Crippen LogP contribution in [0.2, 0.25) is 0 Å². The molecule has 0 aromatic heterocycles. The Labute approximate surface area is 191 Å². The first kappa shape index (κ1) is 22.9. The monoisotopic (exact) mass is 472 g/mol. The van der Waals surface area contributed by atoms with Crippen LogP contribution in [0.4, 0.5) is 8.78 Å². The molecule has 1 amide bonds. The highest BCUT2D eigenvalue weighted by Crippen LogP contribution is 2.22. The van der Waals surface area contributed by atoms with E-state index in [0.29, 0.717) is 24.0 Å². The Bertz CT molecular complexity index is 1230. The van der Waals surface area contributed by atoms with Gasteiger partial charge in [-0.25, -0.2) is 17.2 Å². The van der Waals surface area contributed by atoms with Gasteiger partial charge in [0.05, 0.1) is 0 Å². The topological polar surface area (TPSA) is 66.9 Å². The van der Waals surface area contributed by atoms with Gasteiger partial charge in [-0.15, -0.1) is 0 Å². The van der Waals surface area contributed by atoms with Crippen molar-refractivity contribution < 1.29 is 26.7 Å². The minimum Gasteiger partial charge on any atom is -0.489 e. The second kappa shape index (κ2) is 9.68. The third kappa shape index (κ3) is 5.20. The third-order valence-corrected chi connectivity index (χ3v) is 7.32. The summed E-state index contributed by atoms with van der Waals surface area (Å²) in [5.41, 5.74) is 1.49. The number of hydrogen-bond donors (Lipinski definition) is 0. The summed E-state index contributed by atoms with van der Waals surface area (Å²) in [5, 5.41) is 0. The van der Waals surface area contributed by atoms with E-state index >= 15 is 0 Å². The zero-order chi connectivity index (χ0) is 23.4. The average Bonchev–Trinajstić information content (AvgIpc) is 2.83. The maximum Gasteiger partial charge on any atom is 0.253 e. The molecule has 0 N–H and O–H groups in total. The first-order valence-electron chi connectivity index (χ1n) is 10.4. The molecule has 0 spiro atoms. The van der Waals surface area contributed by atoms with Crippen molar-refractivity contribution in [3.8, 4) is 5.75 Å². The maximum absolute atomic E-state index is 14.0. The van der Waals surface area contributed by atoms with Gasteiger partial charge in [0.15, 0.2) is 0 Å². The molecule has 0 atom stereocenters. The molecule has 0 aliphatic carbocycles. The zero-order valence-corrected chi connectivity index (χ0v) is 18.5. The second-order valence-electron chi connectivity index (χ2n) is 7.57. The predicted octanol–water partition coefficient (Wildman–Crippen LogP) is 3.69. The smallest absolute Gasteiger partial charge is 0.253 e. The highest BCUT2D eigenvalue weighted by atomic mass is 32.2. The molecule has 6 nitrogen and oxygen atoms in total. The standard InChI is InChI=1S/C24H22F2N2O4S/c25-20-8-11-23(22(26)16-20)33(30,31)28-14-12-27(13-15-28)24(29)19-6-9-21(10-7-19)32-17-18-4-2-1-3-5-18/h1-11,16H,12-15,17H2. The van der Waals surface area contributed by atoms with Crippen molar-refractivity contribution in [2.24, 2.45) is 0 Å². The van der Waals surface area contributed by atoms with Crippen LogP contribution in [0.25, 0.3) is 0 Å². The lowest BCUT2D eigenvalue weighted by Gasteiger charge is -2.34. The van der Waals surface area contributed by atoms with E-state index in [0.717, 1.165) is 22.0 Å². The fraction of sp³-hybridized carbons (Fsp3) is 0.208. The molecule has 0 bridgehead atoms. The Morgan fingerprint density at radius 3 is 2.18 bits per heavy atom. The van der Waals surface area contributed by atoms with Gasteiger partial charge < -0.3 is 9.64 Å². The van der Waals surface area contributed by atoms with Gasteiger partial charge in [-0.05, 0) is 42.0 Å². The van der Waals surface area contributed by atoms with Crippen molar-refractivity contribution in [1.82, 2.24) is 9.21 Å². The lowest BCUT2D eigenvalue weighted by molar-refractivity contribution is 0.0697. The largest absolute Gasteiger partial charge is 0.489 e. The van der Waals surface area contributed by atoms with Crippen LogP contribution in [0.5, 0.6) is 5.75 Å². The molecule has 1 saturated heterocycles. The van der Waals surface area contributed by atoms with Gasteiger partial charge in [0, 0.05) is 37.8 Å². The van der Waals surface area contributed by atoms with E-state index in [1.165, 1.54) is 0 Å². The van der Waals surface area contributed by atoms with Crippen LogP contribution >= 0.6 is 0 Å². The summed E-state index contributed by atoms with van der Waals surface area (Å²) in [4.78, 5) is 13.8. The van der Waals surface area contributed by atoms with E-state index in [2.05, 4.69) is 0 Å². The first-order valence-corrected chi connectivity index (χ1v) is 11.8. The van der Waals surface area contributed by atoms with Crippen molar-refractivity contribution in [2.75, 3.05) is 26.2 Å². The van der Waals surface area contributed by atoms with Crippen LogP contribution in [-0.2, 0) is 16.6 Å². The number of ether oxygens (including phenoxy) is 1. The van der Waals surface area contributed by atoms with Crippen molar-refractivity contribution in [3.63, 3.8) is 0 Å². The Morgan fingerprint density at radius 2 is 1.55 bits per heavy atom. The number of carbonyl (C=O) groups excluding carboxylic acids is 1. The van der Waals surface area contributed by atoms with Crippen molar-refractivity contribution in [3.05, 3.63) is 95.6 Å². The van der Waals surface area contributed by atoms with Gasteiger partial charge in [-0.1, -0.05) is 30.3 Å². The molecule has 4 rings (SSSR count). The van der Waals surface area contributed by atoms with Gasteiger partial charge in [0.1, 0.15) is 28.9 Å². The molecule has 172 valence electrons. The number of amides is 1. The Morgan fingerprint density at radius 1 is 0.879 bits per heavy atom. The second-order valence-corrected chi connectivity index (χ2v) is 9.48. The van der Waals surface area contributed by atoms with Gasteiger partial charge in [0.25, 0.3) is 5.91 Å². The molecule has 1 heterocycles. The molecule has 0 saturated carbocycles. The van der Waals surface area contributed by atoms with Gasteiger partial charge in [-0.2, -0.15) is 4.31 Å². The summed E-state index contributed by atoms with van der Waals surface area (Å²) in [6, 6.07) is 18.8. The predicted molar refractivity (Wildman–Crippen MR) is 118 cm³/mol. The van der Waals surface area contributed by atoms with E-state index in [9.17, 15) is 22.0 Å². The Balaban J connectivity index is 1.35. The lowest BCUT2D eigenvalue weighted by Crippen LogP contribution is -2.50. The molecule has 0 radical (unpaired) electrons. The van der Waals surface area contributed by atoms with Crippen molar-refractivity contribution in [2.45, 2.75) is 11.5 Å². The van der Waals surface area contributed by atoms with E-state index < -0.39 is 26.6 Å². The molecule has 1 aliphatic heterocycles. The van der Waals surface area contributed by atoms with Gasteiger partial charge in [-0.3, -0.25) is 4.79 Å². The van der Waals surface area contributed by atoms with Gasteiger partial charge >= 0.3 is 0 Å². The minimum atomic E-state index is -4.12. The van der Waals surface area contributed by atoms with Crippen LogP contribution in [0.3, 0.4) is 0 Å². The summed E-state index contributed by atoms with van der Waals surface area (Å²) < 4.78 is 59.4. The average molecular weight is 473 g/mol. The normalized spacial score (nSPS) is 14.8. The number of sulfonamides is 1. The number of carbonyl (C=O) groups is 1. The van der Waals surface area contributed by atoms with E-state index in [1.54, 1.807) is 29.2 Å². The van der Waals surface area contributed by atoms with Crippen LogP contribution in [0.15, 0.2) is 77.7 Å². The fourth-order valence-corrected chi connectivity index (χ4v) is 5.04. The number of piperazine rings is 1. The number of rotatable bonds is 6. The van der Waals surface area contributed by atoms with E-state index in [4.69, 9.17) is 4.74 Å². The quantitative estimate of drug-likeness (QED) is 0.549. The Kier molecular flexibility index (Phi) is 6.71. The molecule has 33 heavy (non-hydrogen) atoms. The number of hydrogen-bond acceptors (Lipinski definition) is 4. The molecule has 0 unspecified atom stereocenters. The molecule has 1 aliphatic rings. The summed E-state index contributed by atoms with van der Waals surface area (Å²) in [6.45, 7) is 0.770. The van der Waals surface area contributed by atoms with Crippen LogP contribution in [-0.4, -0.2) is 49.7 Å². The van der Waals surface area contributed by atoms with Crippen LogP contribution < -0.4 is 4.74 Å². The molecular weight excluding hydrogens is 450 g/mol. The molecule has 3 aromatic rings. The van der Waals surface area contributed by atoms with Crippen molar-refractivity contribution in [1.29, 1.82) is 0 Å². The summed E-state index contributed by atoms with van der Waals surface area (Å²) in [6.07, 6.45) is 0. The molecule has 3 aromatic carbocycles.